The molecule has 2 rings (SSSR count). The number of aryl methyl sites for hydroxylation is 1. The SMILES string of the molecule is CCN(CC)c1nc(B2OC(C)(C)C(C)(C)O2)c(C)s1. The molecule has 0 unspecified atom stereocenters. The fourth-order valence-electron chi connectivity index (χ4n) is 2.20. The van der Waals surface area contributed by atoms with Crippen LogP contribution in [0.3, 0.4) is 0 Å². The zero-order chi connectivity index (χ0) is 15.1. The molecule has 20 heavy (non-hydrogen) atoms. The zero-order valence-electron chi connectivity index (χ0n) is 13.6. The van der Waals surface area contributed by atoms with Crippen LogP contribution in [0.5, 0.6) is 0 Å². The highest BCUT2D eigenvalue weighted by molar-refractivity contribution is 7.16. The molecule has 1 saturated heterocycles. The van der Waals surface area contributed by atoms with Gasteiger partial charge in [0, 0.05) is 18.0 Å². The molecule has 0 radical (unpaired) electrons. The van der Waals surface area contributed by atoms with Crippen molar-refractivity contribution in [3.05, 3.63) is 4.88 Å². The van der Waals surface area contributed by atoms with Crippen molar-refractivity contribution in [1.82, 2.24) is 4.98 Å². The molecule has 0 N–H and O–H groups in total. The third-order valence-corrected chi connectivity index (χ3v) is 5.38. The summed E-state index contributed by atoms with van der Waals surface area (Å²) in [4.78, 5) is 8.19. The lowest BCUT2D eigenvalue weighted by atomic mass is 9.84. The van der Waals surface area contributed by atoms with Gasteiger partial charge >= 0.3 is 7.12 Å². The lowest BCUT2D eigenvalue weighted by Crippen LogP contribution is -2.41. The standard InChI is InChI=1S/C14H25BN2O2S/c1-8-17(9-2)12-16-11(10(3)20-12)15-18-13(4,5)14(6,7)19-15/h8-9H2,1-7H3. The lowest BCUT2D eigenvalue weighted by molar-refractivity contribution is 0.00578. The van der Waals surface area contributed by atoms with Gasteiger partial charge in [-0.1, -0.05) is 0 Å². The first kappa shape index (κ1) is 15.8. The van der Waals surface area contributed by atoms with Gasteiger partial charge in [0.25, 0.3) is 0 Å². The molecule has 4 nitrogen and oxygen atoms in total. The summed E-state index contributed by atoms with van der Waals surface area (Å²) in [6, 6.07) is 0. The van der Waals surface area contributed by atoms with Crippen molar-refractivity contribution in [2.24, 2.45) is 0 Å². The molecule has 0 amide bonds. The maximum atomic E-state index is 6.09. The smallest absolute Gasteiger partial charge is 0.398 e. The molecular formula is C14H25BN2O2S. The normalized spacial score (nSPS) is 20.4. The highest BCUT2D eigenvalue weighted by Gasteiger charge is 2.53. The molecule has 0 spiro atoms. The summed E-state index contributed by atoms with van der Waals surface area (Å²) in [7, 11) is -0.361. The number of thiazole rings is 1. The molecule has 2 heterocycles. The van der Waals surface area contributed by atoms with Crippen molar-refractivity contribution in [1.29, 1.82) is 0 Å². The molecule has 1 aromatic heterocycles. The van der Waals surface area contributed by atoms with E-state index in [0.717, 1.165) is 23.8 Å². The lowest BCUT2D eigenvalue weighted by Gasteiger charge is -2.32. The third-order valence-electron chi connectivity index (χ3n) is 4.33. The average molecular weight is 296 g/mol. The summed E-state index contributed by atoms with van der Waals surface area (Å²) in [6.45, 7) is 16.6. The van der Waals surface area contributed by atoms with Crippen molar-refractivity contribution in [2.45, 2.75) is 59.7 Å². The molecule has 1 aromatic rings. The summed E-state index contributed by atoms with van der Waals surface area (Å²) in [5, 5.41) is 1.05. The quantitative estimate of drug-likeness (QED) is 0.800. The van der Waals surface area contributed by atoms with Gasteiger partial charge in [0.2, 0.25) is 0 Å². The Morgan fingerprint density at radius 2 is 1.60 bits per heavy atom. The van der Waals surface area contributed by atoms with E-state index in [-0.39, 0.29) is 18.3 Å². The molecular weight excluding hydrogens is 271 g/mol. The largest absolute Gasteiger partial charge is 0.515 e. The van der Waals surface area contributed by atoms with Gasteiger partial charge < -0.3 is 14.2 Å². The fraction of sp³-hybridized carbons (Fsp3) is 0.786. The first-order valence-corrected chi connectivity index (χ1v) is 8.11. The summed E-state index contributed by atoms with van der Waals surface area (Å²) in [6.07, 6.45) is 0. The van der Waals surface area contributed by atoms with E-state index in [4.69, 9.17) is 14.3 Å². The number of aromatic nitrogens is 1. The van der Waals surface area contributed by atoms with Gasteiger partial charge in [0.1, 0.15) is 0 Å². The van der Waals surface area contributed by atoms with Crippen LogP contribution in [0.1, 0.15) is 46.4 Å². The van der Waals surface area contributed by atoms with Gasteiger partial charge in [-0.25, -0.2) is 4.98 Å². The van der Waals surface area contributed by atoms with Crippen LogP contribution in [0, 0.1) is 6.92 Å². The van der Waals surface area contributed by atoms with Crippen LogP contribution in [-0.4, -0.2) is 36.4 Å². The molecule has 112 valence electrons. The maximum absolute atomic E-state index is 6.09. The van der Waals surface area contributed by atoms with Crippen molar-refractivity contribution >= 4 is 29.2 Å². The van der Waals surface area contributed by atoms with Gasteiger partial charge in [0.15, 0.2) is 5.13 Å². The highest BCUT2D eigenvalue weighted by Crippen LogP contribution is 2.37. The second-order valence-corrected chi connectivity index (χ2v) is 7.38. The summed E-state index contributed by atoms with van der Waals surface area (Å²) >= 11 is 1.71. The second kappa shape index (κ2) is 5.32. The van der Waals surface area contributed by atoms with E-state index in [2.05, 4.69) is 53.4 Å². The van der Waals surface area contributed by atoms with Gasteiger partial charge in [-0.05, 0) is 48.5 Å². The fourth-order valence-corrected chi connectivity index (χ4v) is 3.25. The van der Waals surface area contributed by atoms with Gasteiger partial charge in [-0.3, -0.25) is 0 Å². The Morgan fingerprint density at radius 1 is 1.10 bits per heavy atom. The molecule has 1 aliphatic heterocycles. The molecule has 1 aliphatic rings. The van der Waals surface area contributed by atoms with E-state index in [1.807, 2.05) is 0 Å². The van der Waals surface area contributed by atoms with E-state index in [0.29, 0.717) is 0 Å². The van der Waals surface area contributed by atoms with Crippen molar-refractivity contribution in [3.8, 4) is 0 Å². The molecule has 0 saturated carbocycles. The van der Waals surface area contributed by atoms with E-state index in [1.54, 1.807) is 11.3 Å². The Morgan fingerprint density at radius 3 is 2.05 bits per heavy atom. The third kappa shape index (κ3) is 2.61. The molecule has 0 atom stereocenters. The summed E-state index contributed by atoms with van der Waals surface area (Å²) in [5.74, 6) is 0. The van der Waals surface area contributed by atoms with Gasteiger partial charge in [0.05, 0.1) is 16.8 Å². The Bertz CT molecular complexity index is 468. The summed E-state index contributed by atoms with van der Waals surface area (Å²) < 4.78 is 12.2. The van der Waals surface area contributed by atoms with Crippen molar-refractivity contribution < 1.29 is 9.31 Å². The van der Waals surface area contributed by atoms with Crippen molar-refractivity contribution in [2.75, 3.05) is 18.0 Å². The Balaban J connectivity index is 2.27. The number of rotatable bonds is 4. The predicted octanol–water partition coefficient (Wildman–Crippen LogP) is 2.60. The Hall–Kier alpha value is -0.585. The van der Waals surface area contributed by atoms with Crippen LogP contribution in [0.15, 0.2) is 0 Å². The minimum atomic E-state index is -0.361. The first-order valence-electron chi connectivity index (χ1n) is 7.29. The van der Waals surface area contributed by atoms with Crippen LogP contribution >= 0.6 is 11.3 Å². The Labute approximate surface area is 126 Å². The summed E-state index contributed by atoms with van der Waals surface area (Å²) in [5.41, 5.74) is 0.294. The number of anilines is 1. The van der Waals surface area contributed by atoms with Crippen LogP contribution in [-0.2, 0) is 9.31 Å². The monoisotopic (exact) mass is 296 g/mol. The number of hydrogen-bond donors (Lipinski definition) is 0. The molecule has 0 bridgehead atoms. The zero-order valence-corrected chi connectivity index (χ0v) is 14.4. The molecule has 1 fully saturated rings. The Kier molecular flexibility index (Phi) is 4.20. The molecule has 0 aliphatic carbocycles. The average Bonchev–Trinajstić information content (AvgIpc) is 2.80. The van der Waals surface area contributed by atoms with Crippen LogP contribution in [0.25, 0.3) is 0 Å². The van der Waals surface area contributed by atoms with Gasteiger partial charge in [-0.15, -0.1) is 11.3 Å². The minimum Gasteiger partial charge on any atom is -0.398 e. The van der Waals surface area contributed by atoms with Crippen LogP contribution in [0.4, 0.5) is 5.13 Å². The van der Waals surface area contributed by atoms with Crippen LogP contribution < -0.4 is 10.5 Å². The first-order chi connectivity index (χ1) is 9.21. The predicted molar refractivity (Wildman–Crippen MR) is 86.1 cm³/mol. The van der Waals surface area contributed by atoms with Gasteiger partial charge in [-0.2, -0.15) is 0 Å². The van der Waals surface area contributed by atoms with E-state index >= 15 is 0 Å². The minimum absolute atomic E-state index is 0.316. The second-order valence-electron chi connectivity index (χ2n) is 6.20. The van der Waals surface area contributed by atoms with E-state index in [9.17, 15) is 0 Å². The number of nitrogens with zero attached hydrogens (tertiary/aromatic N) is 2. The van der Waals surface area contributed by atoms with Crippen LogP contribution in [0.2, 0.25) is 0 Å². The topological polar surface area (TPSA) is 34.6 Å². The van der Waals surface area contributed by atoms with E-state index in [1.165, 1.54) is 4.88 Å². The molecule has 0 aromatic carbocycles. The highest BCUT2D eigenvalue weighted by atomic mass is 32.1. The van der Waals surface area contributed by atoms with Crippen molar-refractivity contribution in [3.63, 3.8) is 0 Å². The molecule has 6 heteroatoms. The number of hydrogen-bond acceptors (Lipinski definition) is 5. The van der Waals surface area contributed by atoms with E-state index < -0.39 is 0 Å². The maximum Gasteiger partial charge on any atom is 0.515 e.